The van der Waals surface area contributed by atoms with Gasteiger partial charge in [0.2, 0.25) is 0 Å². The van der Waals surface area contributed by atoms with E-state index in [1.165, 1.54) is 30.5 Å². The van der Waals surface area contributed by atoms with Gasteiger partial charge in [0.1, 0.15) is 6.61 Å². The van der Waals surface area contributed by atoms with E-state index in [4.69, 9.17) is 4.74 Å². The minimum Gasteiger partial charge on any atom is -0.481 e. The van der Waals surface area contributed by atoms with E-state index >= 15 is 0 Å². The van der Waals surface area contributed by atoms with Gasteiger partial charge in [-0.2, -0.15) is 0 Å². The van der Waals surface area contributed by atoms with Gasteiger partial charge in [0.15, 0.2) is 0 Å². The molecule has 226 valence electrons. The number of hydrogen-bond acceptors (Lipinski definition) is 6. The summed E-state index contributed by atoms with van der Waals surface area (Å²) < 4.78 is 5.57. The van der Waals surface area contributed by atoms with Crippen LogP contribution in [0.4, 0.5) is 10.5 Å². The number of piperidine rings is 1. The van der Waals surface area contributed by atoms with Gasteiger partial charge in [-0.25, -0.2) is 4.79 Å². The van der Waals surface area contributed by atoms with Gasteiger partial charge in [0, 0.05) is 44.4 Å². The standard InChI is InChI=1S/C33H43N3O6/c1-2-35(33(39)42-22-24-10-12-29(13-11-24)36(40)41)28-14-16-34(17-15-28)21-27-19-26(31(32(37)38)18-23-8-9-23)20-30(27)25-6-4-3-5-7-25/h3-7,10-13,23,26-28,30-31H,2,8-9,14-22H2,1H3,(H,37,38)/t26?,27-,30-,31?/m1/s1. The third-order valence-corrected chi connectivity index (χ3v) is 9.70. The molecule has 42 heavy (non-hydrogen) atoms. The first-order valence-electron chi connectivity index (χ1n) is 15.5. The lowest BCUT2D eigenvalue weighted by Gasteiger charge is -2.39. The van der Waals surface area contributed by atoms with E-state index in [-0.39, 0.29) is 36.3 Å². The van der Waals surface area contributed by atoms with Crippen molar-refractivity contribution in [1.29, 1.82) is 0 Å². The van der Waals surface area contributed by atoms with Crippen molar-refractivity contribution >= 4 is 17.7 Å². The van der Waals surface area contributed by atoms with E-state index in [1.54, 1.807) is 17.0 Å². The normalized spacial score (nSPS) is 23.8. The molecule has 0 bridgehead atoms. The zero-order valence-electron chi connectivity index (χ0n) is 24.5. The number of nitro groups is 1. The predicted molar refractivity (Wildman–Crippen MR) is 159 cm³/mol. The first-order valence-corrected chi connectivity index (χ1v) is 15.5. The molecule has 2 saturated carbocycles. The molecular weight excluding hydrogens is 534 g/mol. The van der Waals surface area contributed by atoms with Crippen molar-refractivity contribution < 1.29 is 24.4 Å². The van der Waals surface area contributed by atoms with Crippen LogP contribution in [0.15, 0.2) is 54.6 Å². The zero-order valence-corrected chi connectivity index (χ0v) is 24.5. The molecule has 2 aliphatic carbocycles. The highest BCUT2D eigenvalue weighted by Crippen LogP contribution is 2.49. The fourth-order valence-corrected chi connectivity index (χ4v) is 7.24. The molecule has 0 radical (unpaired) electrons. The number of carboxylic acid groups (broad SMARTS) is 1. The minimum atomic E-state index is -0.625. The first-order chi connectivity index (χ1) is 20.3. The fraction of sp³-hybridized carbons (Fsp3) is 0.576. The number of ether oxygens (including phenoxy) is 1. The van der Waals surface area contributed by atoms with Gasteiger partial charge >= 0.3 is 12.1 Å². The lowest BCUT2D eigenvalue weighted by atomic mass is 9.85. The Morgan fingerprint density at radius 3 is 2.33 bits per heavy atom. The number of amides is 1. The number of hydrogen-bond donors (Lipinski definition) is 1. The second kappa shape index (κ2) is 13.7. The highest BCUT2D eigenvalue weighted by atomic mass is 16.6. The summed E-state index contributed by atoms with van der Waals surface area (Å²) in [4.78, 5) is 39.9. The first kappa shape index (κ1) is 30.0. The van der Waals surface area contributed by atoms with E-state index < -0.39 is 10.9 Å². The molecule has 2 aromatic rings. The Morgan fingerprint density at radius 1 is 1.05 bits per heavy atom. The summed E-state index contributed by atoms with van der Waals surface area (Å²) in [6.07, 6.45) is 6.46. The second-order valence-electron chi connectivity index (χ2n) is 12.4. The number of nitrogens with zero attached hydrogens (tertiary/aromatic N) is 3. The van der Waals surface area contributed by atoms with E-state index in [0.717, 1.165) is 51.7 Å². The van der Waals surface area contributed by atoms with Crippen molar-refractivity contribution in [3.8, 4) is 0 Å². The van der Waals surface area contributed by atoms with Crippen molar-refractivity contribution in [3.63, 3.8) is 0 Å². The summed E-state index contributed by atoms with van der Waals surface area (Å²) in [5, 5.41) is 21.0. The predicted octanol–water partition coefficient (Wildman–Crippen LogP) is 6.33. The molecule has 1 amide bonds. The van der Waals surface area contributed by atoms with E-state index in [2.05, 4.69) is 29.2 Å². The summed E-state index contributed by atoms with van der Waals surface area (Å²) in [6, 6.07) is 16.8. The smallest absolute Gasteiger partial charge is 0.410 e. The number of rotatable bonds is 12. The number of aliphatic carboxylic acids is 1. The van der Waals surface area contributed by atoms with Crippen molar-refractivity contribution in [2.45, 2.75) is 70.4 Å². The summed E-state index contributed by atoms with van der Waals surface area (Å²) >= 11 is 0. The molecule has 1 heterocycles. The number of non-ortho nitro benzene ring substituents is 1. The van der Waals surface area contributed by atoms with Gasteiger partial charge in [-0.15, -0.1) is 0 Å². The number of nitro benzene ring substituents is 1. The summed E-state index contributed by atoms with van der Waals surface area (Å²) in [5.41, 5.74) is 2.04. The molecule has 5 rings (SSSR count). The molecule has 9 nitrogen and oxygen atoms in total. The second-order valence-corrected chi connectivity index (χ2v) is 12.4. The molecule has 1 aliphatic heterocycles. The third-order valence-electron chi connectivity index (χ3n) is 9.70. The van der Waals surface area contributed by atoms with Crippen LogP contribution in [0.3, 0.4) is 0 Å². The number of carbonyl (C=O) groups is 2. The van der Waals surface area contributed by atoms with Crippen LogP contribution in [-0.4, -0.2) is 64.1 Å². The van der Waals surface area contributed by atoms with Gasteiger partial charge in [0.25, 0.3) is 5.69 Å². The number of carboxylic acids is 1. The lowest BCUT2D eigenvalue weighted by molar-refractivity contribution is -0.384. The fourth-order valence-electron chi connectivity index (χ4n) is 7.24. The lowest BCUT2D eigenvalue weighted by Crippen LogP contribution is -2.48. The highest BCUT2D eigenvalue weighted by Gasteiger charge is 2.43. The Hall–Kier alpha value is -3.46. The summed E-state index contributed by atoms with van der Waals surface area (Å²) in [6.45, 7) is 5.34. The van der Waals surface area contributed by atoms with E-state index in [1.807, 2.05) is 13.0 Å². The summed E-state index contributed by atoms with van der Waals surface area (Å²) in [7, 11) is 0. The van der Waals surface area contributed by atoms with Crippen molar-refractivity contribution in [2.24, 2.45) is 23.7 Å². The van der Waals surface area contributed by atoms with Crippen LogP contribution < -0.4 is 0 Å². The van der Waals surface area contributed by atoms with Crippen LogP contribution in [0, 0.1) is 33.8 Å². The van der Waals surface area contributed by atoms with Crippen LogP contribution in [0.1, 0.15) is 68.9 Å². The highest BCUT2D eigenvalue weighted by molar-refractivity contribution is 5.70. The third kappa shape index (κ3) is 7.48. The molecule has 2 unspecified atom stereocenters. The summed E-state index contributed by atoms with van der Waals surface area (Å²) in [5.74, 6) is 0.744. The zero-order chi connectivity index (χ0) is 29.6. The largest absolute Gasteiger partial charge is 0.481 e. The van der Waals surface area contributed by atoms with E-state index in [0.29, 0.717) is 29.9 Å². The van der Waals surface area contributed by atoms with Crippen molar-refractivity contribution in [1.82, 2.24) is 9.80 Å². The molecule has 1 saturated heterocycles. The van der Waals surface area contributed by atoms with E-state index in [9.17, 15) is 24.8 Å². The van der Waals surface area contributed by atoms with Crippen LogP contribution in [0.5, 0.6) is 0 Å². The molecule has 3 fully saturated rings. The number of likely N-dealkylation sites (tertiary alicyclic amines) is 1. The molecular formula is C33H43N3O6. The Bertz CT molecular complexity index is 1210. The molecule has 0 aromatic heterocycles. The van der Waals surface area contributed by atoms with Crippen LogP contribution in [0.2, 0.25) is 0 Å². The van der Waals surface area contributed by atoms with Gasteiger partial charge in [-0.05, 0) is 86.0 Å². The molecule has 0 spiro atoms. The minimum absolute atomic E-state index is 0.00944. The van der Waals surface area contributed by atoms with Crippen LogP contribution >= 0.6 is 0 Å². The van der Waals surface area contributed by atoms with Gasteiger partial charge in [-0.1, -0.05) is 43.2 Å². The maximum Gasteiger partial charge on any atom is 0.410 e. The maximum absolute atomic E-state index is 13.0. The monoisotopic (exact) mass is 577 g/mol. The van der Waals surface area contributed by atoms with Gasteiger partial charge < -0.3 is 19.6 Å². The molecule has 3 aliphatic rings. The quantitative estimate of drug-likeness (QED) is 0.232. The average Bonchev–Trinajstić information content (AvgIpc) is 3.74. The molecule has 1 N–H and O–H groups in total. The van der Waals surface area contributed by atoms with Crippen LogP contribution in [-0.2, 0) is 16.1 Å². The van der Waals surface area contributed by atoms with Crippen LogP contribution in [0.25, 0.3) is 0 Å². The van der Waals surface area contributed by atoms with Gasteiger partial charge in [-0.3, -0.25) is 14.9 Å². The maximum atomic E-state index is 13.0. The molecule has 9 heteroatoms. The Labute approximate surface area is 248 Å². The molecule has 2 aromatic carbocycles. The topological polar surface area (TPSA) is 113 Å². The number of benzene rings is 2. The Balaban J connectivity index is 1.16. The Kier molecular flexibility index (Phi) is 9.77. The average molecular weight is 578 g/mol. The number of carbonyl (C=O) groups excluding carboxylic acids is 1. The van der Waals surface area contributed by atoms with Crippen molar-refractivity contribution in [2.75, 3.05) is 26.2 Å². The molecule has 4 atom stereocenters. The Morgan fingerprint density at radius 2 is 1.74 bits per heavy atom. The SMILES string of the molecule is CCN(C(=O)OCc1ccc([N+](=O)[O-])cc1)C1CCN(C[C@H]2CC(C(CC3CC3)C(=O)O)C[C@@H]2c2ccccc2)CC1. The van der Waals surface area contributed by atoms with Crippen molar-refractivity contribution in [3.05, 3.63) is 75.8 Å². The van der Waals surface area contributed by atoms with Gasteiger partial charge in [0.05, 0.1) is 10.8 Å².